The van der Waals surface area contributed by atoms with Gasteiger partial charge in [0.05, 0.1) is 0 Å². The second-order valence-corrected chi connectivity index (χ2v) is 0.408. The third kappa shape index (κ3) is 17.1. The molecule has 0 aliphatic carbocycles. The number of rotatable bonds is 0. The molecule has 0 radical (unpaired) electrons. The summed E-state index contributed by atoms with van der Waals surface area (Å²) in [7, 11) is 0. The smallest absolute Gasteiger partial charge is 0 e. The van der Waals surface area contributed by atoms with Crippen molar-refractivity contribution in [2.75, 3.05) is 6.54 Å². The van der Waals surface area contributed by atoms with Gasteiger partial charge in [-0.1, -0.05) is 6.92 Å². The van der Waals surface area contributed by atoms with Gasteiger partial charge in [-0.05, 0) is 6.54 Å². The summed E-state index contributed by atoms with van der Waals surface area (Å²) in [5.74, 6) is 0. The summed E-state index contributed by atoms with van der Waals surface area (Å²) >= 11 is 0. The van der Waals surface area contributed by atoms with Gasteiger partial charge < -0.3 is 5.73 Å². The van der Waals surface area contributed by atoms with Crippen molar-refractivity contribution in [3.8, 4) is 0 Å². The van der Waals surface area contributed by atoms with Gasteiger partial charge in [-0.2, -0.15) is 0 Å². The molecule has 0 saturated carbocycles. The van der Waals surface area contributed by atoms with Crippen LogP contribution in [0.2, 0.25) is 0 Å². The maximum atomic E-state index is 4.85. The van der Waals surface area contributed by atoms with Crippen molar-refractivity contribution < 1.29 is 21.1 Å². The fourth-order valence-corrected chi connectivity index (χ4v) is 0. The van der Waals surface area contributed by atoms with E-state index in [2.05, 4.69) is 0 Å². The largest absolute Gasteiger partial charge is 0.331 e. The van der Waals surface area contributed by atoms with Crippen molar-refractivity contribution in [2.24, 2.45) is 5.73 Å². The van der Waals surface area contributed by atoms with Crippen molar-refractivity contribution in [1.29, 1.82) is 0 Å². The molecule has 0 heterocycles. The summed E-state index contributed by atoms with van der Waals surface area (Å²) in [4.78, 5) is 0. The third-order valence-corrected chi connectivity index (χ3v) is 0. The number of nitrogens with two attached hydrogens (primary N) is 1. The SMILES string of the molecule is CCN.[Pt]. The Morgan fingerprint density at radius 1 is 1.75 bits per heavy atom. The van der Waals surface area contributed by atoms with Crippen molar-refractivity contribution in [3.63, 3.8) is 0 Å². The fourth-order valence-electron chi connectivity index (χ4n) is 0. The molecule has 1 nitrogen and oxygen atoms in total. The van der Waals surface area contributed by atoms with E-state index in [-0.39, 0.29) is 21.1 Å². The van der Waals surface area contributed by atoms with Crippen molar-refractivity contribution in [2.45, 2.75) is 6.92 Å². The predicted octanol–water partition coefficient (Wildman–Crippen LogP) is -0.0375. The first kappa shape index (κ1) is 8.82. The molecule has 2 heteroatoms. The average molecular weight is 240 g/mol. The summed E-state index contributed by atoms with van der Waals surface area (Å²) in [6, 6.07) is 0. The van der Waals surface area contributed by atoms with Crippen molar-refractivity contribution in [3.05, 3.63) is 0 Å². The van der Waals surface area contributed by atoms with E-state index in [4.69, 9.17) is 5.73 Å². The Hall–Kier alpha value is 0.648. The normalized spacial score (nSPS) is 4.50. The van der Waals surface area contributed by atoms with Gasteiger partial charge in [-0.25, -0.2) is 0 Å². The quantitative estimate of drug-likeness (QED) is 0.632. The van der Waals surface area contributed by atoms with E-state index in [1.807, 2.05) is 6.92 Å². The molecule has 0 unspecified atom stereocenters. The van der Waals surface area contributed by atoms with Crippen LogP contribution in [0.25, 0.3) is 0 Å². The Balaban J connectivity index is 0. The minimum atomic E-state index is 0. The molecule has 0 bridgehead atoms. The molecule has 0 amide bonds. The Morgan fingerprint density at radius 2 is 1.75 bits per heavy atom. The van der Waals surface area contributed by atoms with E-state index in [0.717, 1.165) is 6.54 Å². The van der Waals surface area contributed by atoms with Crippen LogP contribution >= 0.6 is 0 Å². The molecular formula is C2H7NPt. The van der Waals surface area contributed by atoms with Gasteiger partial charge in [0.2, 0.25) is 0 Å². The van der Waals surface area contributed by atoms with Gasteiger partial charge in [0.15, 0.2) is 0 Å². The molecule has 0 aliphatic rings. The molecule has 4 heavy (non-hydrogen) atoms. The van der Waals surface area contributed by atoms with Crippen LogP contribution in [0, 0.1) is 0 Å². The molecule has 0 fully saturated rings. The number of hydrogen-bond donors (Lipinski definition) is 1. The second-order valence-electron chi connectivity index (χ2n) is 0.408. The molecular weight excluding hydrogens is 233 g/mol. The maximum Gasteiger partial charge on any atom is 0 e. The molecule has 0 aromatic carbocycles. The average Bonchev–Trinajstić information content (AvgIpc) is 0.918. The Kier molecular flexibility index (Phi) is 20.8. The first-order chi connectivity index (χ1) is 1.41. The third-order valence-electron chi connectivity index (χ3n) is 0. The summed E-state index contributed by atoms with van der Waals surface area (Å²) in [6.45, 7) is 2.65. The Labute approximate surface area is 40.8 Å². The molecule has 0 aliphatic heterocycles. The van der Waals surface area contributed by atoms with Gasteiger partial charge >= 0.3 is 0 Å². The van der Waals surface area contributed by atoms with Crippen molar-refractivity contribution in [1.82, 2.24) is 0 Å². The number of hydrogen-bond acceptors (Lipinski definition) is 1. The molecule has 2 N–H and O–H groups in total. The van der Waals surface area contributed by atoms with Gasteiger partial charge in [0.1, 0.15) is 0 Å². The second kappa shape index (κ2) is 9.42. The van der Waals surface area contributed by atoms with Crippen molar-refractivity contribution >= 4 is 0 Å². The van der Waals surface area contributed by atoms with Crippen LogP contribution in [-0.4, -0.2) is 6.54 Å². The monoisotopic (exact) mass is 240 g/mol. The van der Waals surface area contributed by atoms with E-state index >= 15 is 0 Å². The van der Waals surface area contributed by atoms with Crippen LogP contribution in [0.5, 0.6) is 0 Å². The van der Waals surface area contributed by atoms with Gasteiger partial charge in [0, 0.05) is 21.1 Å². The van der Waals surface area contributed by atoms with E-state index in [9.17, 15) is 0 Å². The maximum absolute atomic E-state index is 4.85. The first-order valence-electron chi connectivity index (χ1n) is 1.12. The Morgan fingerprint density at radius 3 is 1.75 bits per heavy atom. The van der Waals surface area contributed by atoms with Crippen LogP contribution in [0.3, 0.4) is 0 Å². The predicted molar refractivity (Wildman–Crippen MR) is 14.7 cm³/mol. The van der Waals surface area contributed by atoms with Crippen LogP contribution in [0.4, 0.5) is 0 Å². The fraction of sp³-hybridized carbons (Fsp3) is 1.00. The molecule has 0 aromatic heterocycles. The van der Waals surface area contributed by atoms with E-state index in [1.165, 1.54) is 0 Å². The van der Waals surface area contributed by atoms with Crippen LogP contribution in [-0.2, 0) is 21.1 Å². The molecule has 0 spiro atoms. The molecule has 0 rings (SSSR count). The Bertz CT molecular complexity index is 6.00. The topological polar surface area (TPSA) is 26.0 Å². The van der Waals surface area contributed by atoms with Gasteiger partial charge in [-0.3, -0.25) is 0 Å². The molecule has 0 aromatic rings. The standard InChI is InChI=1S/C2H7N.Pt/c1-2-3;/h2-3H2,1H3;. The van der Waals surface area contributed by atoms with Crippen LogP contribution in [0.15, 0.2) is 0 Å². The van der Waals surface area contributed by atoms with E-state index in [0.29, 0.717) is 0 Å². The van der Waals surface area contributed by atoms with Crippen LogP contribution < -0.4 is 5.73 Å². The zero-order chi connectivity index (χ0) is 2.71. The van der Waals surface area contributed by atoms with Crippen LogP contribution in [0.1, 0.15) is 6.92 Å². The first-order valence-corrected chi connectivity index (χ1v) is 1.12. The summed E-state index contributed by atoms with van der Waals surface area (Å²) < 4.78 is 0. The van der Waals surface area contributed by atoms with Gasteiger partial charge in [-0.15, -0.1) is 0 Å². The summed E-state index contributed by atoms with van der Waals surface area (Å²) in [6.07, 6.45) is 0. The minimum absolute atomic E-state index is 0. The summed E-state index contributed by atoms with van der Waals surface area (Å²) in [5, 5.41) is 0. The molecule has 0 saturated heterocycles. The zero-order valence-electron chi connectivity index (χ0n) is 2.60. The van der Waals surface area contributed by atoms with E-state index < -0.39 is 0 Å². The molecule has 30 valence electrons. The molecule has 0 atom stereocenters. The van der Waals surface area contributed by atoms with Gasteiger partial charge in [0.25, 0.3) is 0 Å². The minimum Gasteiger partial charge on any atom is -0.331 e. The summed E-state index contributed by atoms with van der Waals surface area (Å²) in [5.41, 5.74) is 4.85. The van der Waals surface area contributed by atoms with E-state index in [1.54, 1.807) is 0 Å². The zero-order valence-corrected chi connectivity index (χ0v) is 4.87.